The van der Waals surface area contributed by atoms with Crippen LogP contribution in [-0.4, -0.2) is 119 Å². The number of alkyl carbamates (subject to hydrolysis) is 1. The molecule has 4 fully saturated rings. The smallest absolute Gasteiger partial charge is 0.407 e. The Labute approximate surface area is 366 Å². The third-order valence-corrected chi connectivity index (χ3v) is 13.2. The van der Waals surface area contributed by atoms with E-state index in [9.17, 15) is 24.3 Å². The van der Waals surface area contributed by atoms with Crippen molar-refractivity contribution in [2.24, 2.45) is 11.3 Å². The summed E-state index contributed by atoms with van der Waals surface area (Å²) in [4.78, 5) is 56.3. The Morgan fingerprint density at radius 3 is 2.41 bits per heavy atom. The van der Waals surface area contributed by atoms with Gasteiger partial charge in [0.25, 0.3) is 5.91 Å². The van der Waals surface area contributed by atoms with Crippen molar-refractivity contribution >= 4 is 40.7 Å². The second kappa shape index (κ2) is 16.6. The summed E-state index contributed by atoms with van der Waals surface area (Å²) < 4.78 is 19.7. The zero-order chi connectivity index (χ0) is 44.0. The molecule has 4 heterocycles. The number of urea groups is 1. The third kappa shape index (κ3) is 8.26. The molecular weight excluding hydrogens is 801 g/mol. The number of hydrogen-bond acceptors (Lipinski definition) is 8. The highest BCUT2D eigenvalue weighted by atomic mass is 16.6. The van der Waals surface area contributed by atoms with Crippen molar-refractivity contribution in [3.05, 3.63) is 101 Å². The zero-order valence-corrected chi connectivity index (χ0v) is 36.4. The molecule has 1 saturated carbocycles. The largest absolute Gasteiger partial charge is 0.493 e. The van der Waals surface area contributed by atoms with Crippen molar-refractivity contribution in [3.63, 3.8) is 0 Å². The summed E-state index contributed by atoms with van der Waals surface area (Å²) in [6.45, 7) is 3.94. The number of carbonyl (C=O) groups excluding carboxylic acids is 3. The van der Waals surface area contributed by atoms with E-state index in [1.54, 1.807) is 17.0 Å². The van der Waals surface area contributed by atoms with E-state index in [4.69, 9.17) is 13.9 Å². The predicted octanol–water partition coefficient (Wildman–Crippen LogP) is 6.15. The van der Waals surface area contributed by atoms with Gasteiger partial charge in [0.05, 0.1) is 31.3 Å². The van der Waals surface area contributed by atoms with E-state index in [1.165, 1.54) is 11.6 Å². The number of fused-ring (bicyclic) bond motifs is 2. The number of para-hydroxylation sites is 1. The molecule has 0 atom stereocenters. The van der Waals surface area contributed by atoms with Crippen LogP contribution in [0.4, 0.5) is 15.3 Å². The average molecular weight is 856 g/mol. The molecule has 4 aliphatic heterocycles. The number of anilines is 1. The number of nitrogens with zero attached hydrogens (tertiary/aromatic N) is 4. The summed E-state index contributed by atoms with van der Waals surface area (Å²) in [7, 11) is 7.83. The number of cyclic esters (lactones) is 1. The SMILES string of the molecule is CN(C)c1ccc2c(-c3ccc(C(=O)NCCCCCOc4ccccc4CC4CC5(C4)CN(C(=O)N4CC6(COC(=O)N6)C4)C5)cc3C(=O)O)c3ccc(=[N+](C)C)cc-3oc2c1. The molecule has 3 saturated heterocycles. The second-order valence-electron chi connectivity index (χ2n) is 18.4. The molecule has 2 spiro atoms. The molecular formula is C49H55N6O8+. The first-order valence-electron chi connectivity index (χ1n) is 21.8. The summed E-state index contributed by atoms with van der Waals surface area (Å²) in [6, 6.07) is 24.9. The molecule has 4 amide bonds. The standard InChI is InChI=1S/C49H54N6O8/c1-52(2)34-13-16-37-41(22-34)63-42-23-35(53(3)4)14-17-38(42)43(37)36-15-12-33(21-39(36)45(57)58)44(56)50-18-8-5-9-19-61-40-11-7-6-10-32(40)20-31-24-48(25-31)26-54(27-48)47(60)55-28-49(29-55)30-62-46(59)51-49/h6-7,10-17,21-23,31H,5,8-9,18-20,24-30H2,1-4H3,(H2-,50,51,56,57,58,59)/p+1. The van der Waals surface area contributed by atoms with E-state index in [-0.39, 0.29) is 28.5 Å². The molecule has 6 aliphatic rings. The number of rotatable bonds is 13. The zero-order valence-electron chi connectivity index (χ0n) is 36.4. The minimum Gasteiger partial charge on any atom is -0.493 e. The first kappa shape index (κ1) is 41.8. The molecule has 0 radical (unpaired) electrons. The fraction of sp³-hybridized carbons (Fsp3) is 0.408. The minimum atomic E-state index is -1.12. The van der Waals surface area contributed by atoms with Crippen LogP contribution in [0.3, 0.4) is 0 Å². The van der Waals surface area contributed by atoms with Crippen LogP contribution in [-0.2, 0) is 11.2 Å². The maximum Gasteiger partial charge on any atom is 0.407 e. The molecule has 2 aliphatic carbocycles. The van der Waals surface area contributed by atoms with Crippen molar-refractivity contribution in [1.29, 1.82) is 0 Å². The number of carboxylic acid groups (broad SMARTS) is 1. The first-order valence-corrected chi connectivity index (χ1v) is 21.8. The van der Waals surface area contributed by atoms with Gasteiger partial charge in [-0.3, -0.25) is 4.79 Å². The van der Waals surface area contributed by atoms with Gasteiger partial charge in [-0.15, -0.1) is 0 Å². The monoisotopic (exact) mass is 855 g/mol. The molecule has 14 heteroatoms. The lowest BCUT2D eigenvalue weighted by molar-refractivity contribution is -0.0827. The van der Waals surface area contributed by atoms with Crippen molar-refractivity contribution in [2.45, 2.75) is 44.1 Å². The lowest BCUT2D eigenvalue weighted by Gasteiger charge is -2.61. The van der Waals surface area contributed by atoms with Gasteiger partial charge in [-0.05, 0) is 92.0 Å². The van der Waals surface area contributed by atoms with Gasteiger partial charge in [0, 0.05) is 79.0 Å². The lowest BCUT2D eigenvalue weighted by atomic mass is 9.56. The number of amides is 4. The Kier molecular flexibility index (Phi) is 11.0. The Morgan fingerprint density at radius 2 is 1.68 bits per heavy atom. The number of likely N-dealkylation sites (tertiary alicyclic amines) is 2. The van der Waals surface area contributed by atoms with Gasteiger partial charge in [-0.2, -0.15) is 0 Å². The van der Waals surface area contributed by atoms with Crippen LogP contribution in [0.1, 0.15) is 58.4 Å². The van der Waals surface area contributed by atoms with E-state index in [0.29, 0.717) is 55.7 Å². The van der Waals surface area contributed by atoms with E-state index < -0.39 is 17.6 Å². The quantitative estimate of drug-likeness (QED) is 0.0719. The second-order valence-corrected chi connectivity index (χ2v) is 18.4. The first-order chi connectivity index (χ1) is 30.3. The van der Waals surface area contributed by atoms with E-state index >= 15 is 0 Å². The molecule has 3 N–H and O–H groups in total. The molecule has 0 unspecified atom stereocenters. The van der Waals surface area contributed by atoms with Gasteiger partial charge >= 0.3 is 18.1 Å². The number of ether oxygens (including phenoxy) is 2. The lowest BCUT2D eigenvalue weighted by Crippen LogP contribution is -2.74. The summed E-state index contributed by atoms with van der Waals surface area (Å²) in [6.07, 6.45) is 5.17. The van der Waals surface area contributed by atoms with Crippen LogP contribution in [0.25, 0.3) is 33.4 Å². The maximum absolute atomic E-state index is 13.3. The molecule has 0 bridgehead atoms. The van der Waals surface area contributed by atoms with Gasteiger partial charge in [0.15, 0.2) is 0 Å². The molecule has 9 rings (SSSR count). The number of unbranched alkanes of at least 4 members (excludes halogenated alkanes) is 2. The van der Waals surface area contributed by atoms with Crippen molar-refractivity contribution in [2.75, 3.05) is 79.0 Å². The highest BCUT2D eigenvalue weighted by Gasteiger charge is 2.57. The normalized spacial score (nSPS) is 17.2. The fourth-order valence-electron chi connectivity index (χ4n) is 9.96. The van der Waals surface area contributed by atoms with Crippen molar-refractivity contribution in [3.8, 4) is 28.2 Å². The fourth-order valence-corrected chi connectivity index (χ4v) is 9.96. The van der Waals surface area contributed by atoms with Crippen LogP contribution in [0.15, 0.2) is 83.3 Å². The minimum absolute atomic E-state index is 0.0374. The average Bonchev–Trinajstić information content (AvgIpc) is 3.63. The number of hydrogen-bond donors (Lipinski definition) is 3. The van der Waals surface area contributed by atoms with Gasteiger partial charge in [0.2, 0.25) is 5.36 Å². The van der Waals surface area contributed by atoms with E-state index in [1.807, 2.05) is 91.1 Å². The molecule has 328 valence electrons. The predicted molar refractivity (Wildman–Crippen MR) is 239 cm³/mol. The number of aromatic carboxylic acids is 1. The summed E-state index contributed by atoms with van der Waals surface area (Å²) in [5.41, 5.74) is 4.94. The number of carbonyl (C=O) groups is 4. The highest BCUT2D eigenvalue weighted by Crippen LogP contribution is 2.53. The number of nitrogens with one attached hydrogen (secondary N) is 2. The maximum atomic E-state index is 13.3. The summed E-state index contributed by atoms with van der Waals surface area (Å²) in [5, 5.41) is 18.0. The van der Waals surface area contributed by atoms with Gasteiger partial charge in [0.1, 0.15) is 43.3 Å². The van der Waals surface area contributed by atoms with Crippen LogP contribution in [0, 0.1) is 11.3 Å². The highest BCUT2D eigenvalue weighted by molar-refractivity contribution is 6.09. The number of benzene rings is 4. The molecule has 3 aromatic rings. The Morgan fingerprint density at radius 1 is 0.921 bits per heavy atom. The topological polar surface area (TPSA) is 157 Å². The molecule has 0 aromatic heterocycles. The van der Waals surface area contributed by atoms with Crippen LogP contribution in [0.2, 0.25) is 0 Å². The Hall–Kier alpha value is -6.57. The van der Waals surface area contributed by atoms with Gasteiger partial charge < -0.3 is 44.3 Å². The third-order valence-electron chi connectivity index (χ3n) is 13.2. The van der Waals surface area contributed by atoms with E-state index in [0.717, 1.165) is 84.9 Å². The van der Waals surface area contributed by atoms with Crippen molar-refractivity contribution < 1.29 is 38.2 Å². The summed E-state index contributed by atoms with van der Waals surface area (Å²) in [5.74, 6) is 0.648. The Bertz CT molecular complexity index is 2650. The van der Waals surface area contributed by atoms with Crippen molar-refractivity contribution in [1.82, 2.24) is 25.0 Å². The van der Waals surface area contributed by atoms with Gasteiger partial charge in [-0.1, -0.05) is 24.3 Å². The van der Waals surface area contributed by atoms with Crippen LogP contribution < -0.4 is 30.2 Å². The summed E-state index contributed by atoms with van der Waals surface area (Å²) >= 11 is 0. The van der Waals surface area contributed by atoms with Crippen LogP contribution in [0.5, 0.6) is 5.75 Å². The van der Waals surface area contributed by atoms with Crippen LogP contribution >= 0.6 is 0 Å². The van der Waals surface area contributed by atoms with Gasteiger partial charge in [-0.25, -0.2) is 19.0 Å². The Balaban J connectivity index is 0.750. The van der Waals surface area contributed by atoms with E-state index in [2.05, 4.69) is 22.8 Å². The molecule has 3 aromatic carbocycles. The molecule has 63 heavy (non-hydrogen) atoms. The molecule has 14 nitrogen and oxygen atoms in total. The number of carboxylic acids is 1.